The van der Waals surface area contributed by atoms with Crippen molar-refractivity contribution in [2.24, 2.45) is 0 Å². The fourth-order valence-corrected chi connectivity index (χ4v) is 2.48. The number of carbonyl (C=O) groups is 1. The Kier molecular flexibility index (Phi) is 1.42. The number of amides is 1. The van der Waals surface area contributed by atoms with Crippen LogP contribution in [0.15, 0.2) is 16.6 Å². The standard InChI is InChI=1S/C10H7BrFNO/c11-5-3-6-8(7(12)4-5)13-9(14)10(6)1-2-10/h3-4H,1-2H2,(H,13,14). The van der Waals surface area contributed by atoms with Crippen LogP contribution in [0.25, 0.3) is 0 Å². The molecule has 2 nitrogen and oxygen atoms in total. The third kappa shape index (κ3) is 0.869. The number of hydrogen-bond acceptors (Lipinski definition) is 1. The predicted octanol–water partition coefficient (Wildman–Crippen LogP) is 2.57. The zero-order chi connectivity index (χ0) is 9.92. The van der Waals surface area contributed by atoms with Gasteiger partial charge in [-0.15, -0.1) is 0 Å². The molecular weight excluding hydrogens is 249 g/mol. The summed E-state index contributed by atoms with van der Waals surface area (Å²) in [5.74, 6) is -0.406. The first-order valence-electron chi connectivity index (χ1n) is 4.44. The molecule has 1 fully saturated rings. The fourth-order valence-electron chi connectivity index (χ4n) is 2.05. The van der Waals surface area contributed by atoms with Crippen molar-refractivity contribution >= 4 is 27.5 Å². The van der Waals surface area contributed by atoms with Gasteiger partial charge in [0.15, 0.2) is 0 Å². The molecule has 0 bridgehead atoms. The van der Waals surface area contributed by atoms with Gasteiger partial charge in [-0.1, -0.05) is 15.9 Å². The van der Waals surface area contributed by atoms with Gasteiger partial charge >= 0.3 is 0 Å². The number of halogens is 2. The van der Waals surface area contributed by atoms with E-state index in [-0.39, 0.29) is 11.7 Å². The Bertz CT molecular complexity index is 454. The predicted molar refractivity (Wildman–Crippen MR) is 53.6 cm³/mol. The highest BCUT2D eigenvalue weighted by Crippen LogP contribution is 2.56. The van der Waals surface area contributed by atoms with Crippen molar-refractivity contribution in [2.45, 2.75) is 18.3 Å². The molecule has 1 aliphatic heterocycles. The Morgan fingerprint density at radius 3 is 2.79 bits per heavy atom. The Hall–Kier alpha value is -0.900. The zero-order valence-corrected chi connectivity index (χ0v) is 8.82. The lowest BCUT2D eigenvalue weighted by molar-refractivity contribution is -0.117. The molecule has 1 aromatic carbocycles. The normalized spacial score (nSPS) is 20.9. The average Bonchev–Trinajstić information content (AvgIpc) is 2.84. The Balaban J connectivity index is 2.28. The summed E-state index contributed by atoms with van der Waals surface area (Å²) in [6, 6.07) is 3.21. The van der Waals surface area contributed by atoms with Gasteiger partial charge in [-0.3, -0.25) is 4.79 Å². The van der Waals surface area contributed by atoms with Gasteiger partial charge in [-0.2, -0.15) is 0 Å². The second-order valence-electron chi connectivity index (χ2n) is 3.85. The van der Waals surface area contributed by atoms with Crippen LogP contribution in [0.5, 0.6) is 0 Å². The third-order valence-corrected chi connectivity index (χ3v) is 3.45. The maximum absolute atomic E-state index is 13.5. The van der Waals surface area contributed by atoms with E-state index >= 15 is 0 Å². The van der Waals surface area contributed by atoms with Crippen LogP contribution in [0, 0.1) is 5.82 Å². The largest absolute Gasteiger partial charge is 0.323 e. The quantitative estimate of drug-likeness (QED) is 0.759. The van der Waals surface area contributed by atoms with Crippen LogP contribution in [-0.2, 0) is 10.2 Å². The molecule has 0 aromatic heterocycles. The molecule has 0 unspecified atom stereocenters. The van der Waals surface area contributed by atoms with Crippen LogP contribution in [0.2, 0.25) is 0 Å². The van der Waals surface area contributed by atoms with Gasteiger partial charge in [0.05, 0.1) is 11.1 Å². The maximum Gasteiger partial charge on any atom is 0.235 e. The van der Waals surface area contributed by atoms with Crippen LogP contribution in [0.1, 0.15) is 18.4 Å². The Morgan fingerprint density at radius 1 is 1.43 bits per heavy atom. The van der Waals surface area contributed by atoms with Crippen LogP contribution in [0.4, 0.5) is 10.1 Å². The molecule has 1 amide bonds. The lowest BCUT2D eigenvalue weighted by Crippen LogP contribution is -2.18. The second kappa shape index (κ2) is 2.37. The lowest BCUT2D eigenvalue weighted by atomic mass is 9.98. The molecule has 0 saturated heterocycles. The van der Waals surface area contributed by atoms with Crippen molar-refractivity contribution in [3.63, 3.8) is 0 Å². The first-order chi connectivity index (χ1) is 6.63. The molecule has 1 heterocycles. The van der Waals surface area contributed by atoms with E-state index in [0.717, 1.165) is 18.4 Å². The maximum atomic E-state index is 13.5. The van der Waals surface area contributed by atoms with Crippen LogP contribution >= 0.6 is 15.9 Å². The van der Waals surface area contributed by atoms with E-state index < -0.39 is 5.41 Å². The molecule has 0 radical (unpaired) electrons. The van der Waals surface area contributed by atoms with Crippen molar-refractivity contribution in [1.29, 1.82) is 0 Å². The first-order valence-corrected chi connectivity index (χ1v) is 5.24. The highest BCUT2D eigenvalue weighted by Gasteiger charge is 2.56. The molecule has 1 aliphatic carbocycles. The summed E-state index contributed by atoms with van der Waals surface area (Å²) in [5, 5.41) is 2.61. The molecule has 1 saturated carbocycles. The van der Waals surface area contributed by atoms with E-state index in [9.17, 15) is 9.18 Å². The molecule has 4 heteroatoms. The topological polar surface area (TPSA) is 29.1 Å². The zero-order valence-electron chi connectivity index (χ0n) is 7.23. The molecule has 0 atom stereocenters. The van der Waals surface area contributed by atoms with Crippen molar-refractivity contribution in [3.8, 4) is 0 Å². The van der Waals surface area contributed by atoms with E-state index in [1.54, 1.807) is 0 Å². The van der Waals surface area contributed by atoms with Crippen LogP contribution in [-0.4, -0.2) is 5.91 Å². The minimum absolute atomic E-state index is 0.0514. The van der Waals surface area contributed by atoms with Gasteiger partial charge in [0.2, 0.25) is 5.91 Å². The average molecular weight is 256 g/mol. The summed E-state index contributed by atoms with van der Waals surface area (Å²) in [4.78, 5) is 11.6. The SMILES string of the molecule is O=C1Nc2c(F)cc(Br)cc2C12CC2. The highest BCUT2D eigenvalue weighted by atomic mass is 79.9. The van der Waals surface area contributed by atoms with E-state index in [2.05, 4.69) is 21.2 Å². The van der Waals surface area contributed by atoms with E-state index in [1.165, 1.54) is 6.07 Å². The monoisotopic (exact) mass is 255 g/mol. The molecule has 2 aliphatic rings. The molecule has 3 rings (SSSR count). The summed E-state index contributed by atoms with van der Waals surface area (Å²) in [6.45, 7) is 0. The van der Waals surface area contributed by atoms with E-state index in [1.807, 2.05) is 6.07 Å². The molecule has 72 valence electrons. The summed E-state index contributed by atoms with van der Waals surface area (Å²) >= 11 is 3.24. The van der Waals surface area contributed by atoms with Crippen LogP contribution in [0.3, 0.4) is 0 Å². The summed E-state index contributed by atoms with van der Waals surface area (Å²) in [7, 11) is 0. The summed E-state index contributed by atoms with van der Waals surface area (Å²) in [5.41, 5.74) is 0.782. The van der Waals surface area contributed by atoms with Crippen molar-refractivity contribution in [3.05, 3.63) is 28.0 Å². The summed E-state index contributed by atoms with van der Waals surface area (Å²) < 4.78 is 14.1. The van der Waals surface area contributed by atoms with Gasteiger partial charge in [0.25, 0.3) is 0 Å². The van der Waals surface area contributed by atoms with Crippen molar-refractivity contribution < 1.29 is 9.18 Å². The van der Waals surface area contributed by atoms with Crippen molar-refractivity contribution in [1.82, 2.24) is 0 Å². The number of hydrogen-bond donors (Lipinski definition) is 1. The highest BCUT2D eigenvalue weighted by molar-refractivity contribution is 9.10. The number of fused-ring (bicyclic) bond motifs is 2. The number of anilines is 1. The number of carbonyl (C=O) groups excluding carboxylic acids is 1. The molecular formula is C10H7BrFNO. The fraction of sp³-hybridized carbons (Fsp3) is 0.300. The second-order valence-corrected chi connectivity index (χ2v) is 4.76. The lowest BCUT2D eigenvalue weighted by Gasteiger charge is -2.04. The van der Waals surface area contributed by atoms with Crippen molar-refractivity contribution in [2.75, 3.05) is 5.32 Å². The minimum Gasteiger partial charge on any atom is -0.323 e. The van der Waals surface area contributed by atoms with Gasteiger partial charge in [0, 0.05) is 4.47 Å². The van der Waals surface area contributed by atoms with Gasteiger partial charge in [-0.25, -0.2) is 4.39 Å². The number of nitrogens with one attached hydrogen (secondary N) is 1. The van der Waals surface area contributed by atoms with Gasteiger partial charge < -0.3 is 5.32 Å². The van der Waals surface area contributed by atoms with E-state index in [4.69, 9.17) is 0 Å². The van der Waals surface area contributed by atoms with Gasteiger partial charge in [0.1, 0.15) is 5.82 Å². The Morgan fingerprint density at radius 2 is 2.14 bits per heavy atom. The number of rotatable bonds is 0. The minimum atomic E-state index is -0.403. The smallest absolute Gasteiger partial charge is 0.235 e. The first kappa shape index (κ1) is 8.41. The molecule has 1 aromatic rings. The molecule has 14 heavy (non-hydrogen) atoms. The molecule has 1 spiro atoms. The van der Waals surface area contributed by atoms with Gasteiger partial charge in [-0.05, 0) is 30.5 Å². The molecule has 1 N–H and O–H groups in total. The van der Waals surface area contributed by atoms with Crippen LogP contribution < -0.4 is 5.32 Å². The Labute approximate surface area is 88.6 Å². The third-order valence-electron chi connectivity index (χ3n) is 2.99. The summed E-state index contributed by atoms with van der Waals surface area (Å²) in [6.07, 6.45) is 1.67. The van der Waals surface area contributed by atoms with E-state index in [0.29, 0.717) is 10.2 Å². The number of benzene rings is 1.